The lowest BCUT2D eigenvalue weighted by Gasteiger charge is -2.18. The molecule has 3 heterocycles. The van der Waals surface area contributed by atoms with Gasteiger partial charge in [-0.25, -0.2) is 14.2 Å². The van der Waals surface area contributed by atoms with Crippen LogP contribution < -0.4 is 4.90 Å². The topological polar surface area (TPSA) is 97.3 Å². The second kappa shape index (κ2) is 9.79. The molecule has 3 aromatic rings. The summed E-state index contributed by atoms with van der Waals surface area (Å²) in [5.41, 5.74) is 0.639. The van der Waals surface area contributed by atoms with Crippen molar-refractivity contribution in [2.24, 2.45) is 0 Å². The highest BCUT2D eigenvalue weighted by Crippen LogP contribution is 2.31. The highest BCUT2D eigenvalue weighted by molar-refractivity contribution is 5.73. The van der Waals surface area contributed by atoms with Gasteiger partial charge in [0.05, 0.1) is 11.6 Å². The van der Waals surface area contributed by atoms with E-state index >= 15 is 0 Å². The third-order valence-corrected chi connectivity index (χ3v) is 4.96. The summed E-state index contributed by atoms with van der Waals surface area (Å²) in [6.07, 6.45) is 0.230. The Kier molecular flexibility index (Phi) is 7.11. The van der Waals surface area contributed by atoms with Crippen molar-refractivity contribution < 1.29 is 32.0 Å². The van der Waals surface area contributed by atoms with E-state index in [4.69, 9.17) is 14.4 Å². The van der Waals surface area contributed by atoms with Crippen molar-refractivity contribution in [2.45, 2.75) is 38.4 Å². The lowest BCUT2D eigenvalue weighted by molar-refractivity contribution is -0.192. The first-order chi connectivity index (χ1) is 15.1. The Morgan fingerprint density at radius 3 is 2.66 bits per heavy atom. The molecule has 12 heteroatoms. The second-order valence-electron chi connectivity index (χ2n) is 7.15. The van der Waals surface area contributed by atoms with Crippen molar-refractivity contribution in [3.8, 4) is 0 Å². The minimum absolute atomic E-state index is 0.149. The van der Waals surface area contributed by atoms with Crippen molar-refractivity contribution in [3.05, 3.63) is 60.0 Å². The maximum atomic E-state index is 13.9. The van der Waals surface area contributed by atoms with Crippen LogP contribution in [0.3, 0.4) is 0 Å². The molecule has 32 heavy (non-hydrogen) atoms. The monoisotopic (exact) mass is 455 g/mol. The molecule has 1 atom stereocenters. The number of carboxylic acids is 1. The van der Waals surface area contributed by atoms with E-state index < -0.39 is 12.1 Å². The van der Waals surface area contributed by atoms with Gasteiger partial charge >= 0.3 is 12.1 Å². The van der Waals surface area contributed by atoms with Gasteiger partial charge in [-0.1, -0.05) is 17.3 Å². The van der Waals surface area contributed by atoms with E-state index in [1.165, 1.54) is 6.07 Å². The Hall–Kier alpha value is -3.44. The number of carbonyl (C=O) groups is 1. The number of carboxylic acid groups (broad SMARTS) is 1. The van der Waals surface area contributed by atoms with Crippen LogP contribution in [0.4, 0.5) is 23.2 Å². The summed E-state index contributed by atoms with van der Waals surface area (Å²) in [4.78, 5) is 19.7. The van der Waals surface area contributed by atoms with E-state index in [1.807, 2.05) is 30.2 Å². The molecule has 172 valence electrons. The number of halogens is 4. The highest BCUT2D eigenvalue weighted by atomic mass is 19.4. The standard InChI is InChI=1S/C18H20FN5O.C2HF3O2/c1-13-20-8-11-23(13)10-7-17-21-18(25-22-17)14-6-9-24(12-14)16-5-3-2-4-15(16)19;3-2(4,5)1(6)7/h2-5,8,11,14H,6-7,9-10,12H2,1H3;(H,6,7). The van der Waals surface area contributed by atoms with Gasteiger partial charge < -0.3 is 19.1 Å². The average molecular weight is 455 g/mol. The Morgan fingerprint density at radius 2 is 2.03 bits per heavy atom. The maximum Gasteiger partial charge on any atom is 0.490 e. The summed E-state index contributed by atoms with van der Waals surface area (Å²) in [7, 11) is 0. The smallest absolute Gasteiger partial charge is 0.475 e. The van der Waals surface area contributed by atoms with Crippen molar-refractivity contribution in [1.82, 2.24) is 19.7 Å². The molecule has 1 N–H and O–H groups in total. The first-order valence-corrected chi connectivity index (χ1v) is 9.75. The predicted molar refractivity (Wildman–Crippen MR) is 105 cm³/mol. The molecule has 1 saturated heterocycles. The molecule has 0 spiro atoms. The predicted octanol–water partition coefficient (Wildman–Crippen LogP) is 3.58. The van der Waals surface area contributed by atoms with Crippen molar-refractivity contribution in [3.63, 3.8) is 0 Å². The zero-order chi connectivity index (χ0) is 23.3. The third kappa shape index (κ3) is 5.83. The zero-order valence-corrected chi connectivity index (χ0v) is 17.1. The molecule has 0 aliphatic carbocycles. The number of hydrogen-bond donors (Lipinski definition) is 1. The van der Waals surface area contributed by atoms with Gasteiger partial charge in [0.25, 0.3) is 0 Å². The summed E-state index contributed by atoms with van der Waals surface area (Å²) in [5.74, 6) is -0.475. The van der Waals surface area contributed by atoms with Gasteiger partial charge in [-0.2, -0.15) is 18.2 Å². The number of alkyl halides is 3. The Balaban J connectivity index is 0.000000360. The van der Waals surface area contributed by atoms with E-state index in [2.05, 4.69) is 19.7 Å². The molecule has 1 aliphatic heterocycles. The third-order valence-electron chi connectivity index (χ3n) is 4.96. The molecule has 0 saturated carbocycles. The van der Waals surface area contributed by atoms with E-state index in [-0.39, 0.29) is 11.7 Å². The fraction of sp³-hybridized carbons (Fsp3) is 0.400. The van der Waals surface area contributed by atoms with Gasteiger partial charge in [0.2, 0.25) is 5.89 Å². The zero-order valence-electron chi connectivity index (χ0n) is 17.1. The Bertz CT molecular complexity index is 1050. The van der Waals surface area contributed by atoms with Crippen molar-refractivity contribution in [2.75, 3.05) is 18.0 Å². The average Bonchev–Trinajstić information content (AvgIpc) is 3.47. The minimum atomic E-state index is -5.08. The van der Waals surface area contributed by atoms with E-state index in [0.29, 0.717) is 30.4 Å². The van der Waals surface area contributed by atoms with Crippen molar-refractivity contribution in [1.29, 1.82) is 0 Å². The molecule has 0 bridgehead atoms. The number of imidazole rings is 1. The lowest BCUT2D eigenvalue weighted by atomic mass is 10.1. The van der Waals surface area contributed by atoms with Crippen LogP contribution in [0, 0.1) is 12.7 Å². The molecule has 0 amide bonds. The molecule has 1 aliphatic rings. The number of benzene rings is 1. The lowest BCUT2D eigenvalue weighted by Crippen LogP contribution is -2.21. The number of aryl methyl sites for hydroxylation is 3. The molecule has 8 nitrogen and oxygen atoms in total. The second-order valence-corrected chi connectivity index (χ2v) is 7.15. The molecule has 2 aromatic heterocycles. The van der Waals surface area contributed by atoms with Gasteiger partial charge in [-0.15, -0.1) is 0 Å². The van der Waals surface area contributed by atoms with Crippen molar-refractivity contribution >= 4 is 11.7 Å². The molecular weight excluding hydrogens is 434 g/mol. The van der Waals surface area contributed by atoms with E-state index in [0.717, 1.165) is 25.3 Å². The number of hydrogen-bond acceptors (Lipinski definition) is 6. The van der Waals surface area contributed by atoms with Gasteiger partial charge in [0, 0.05) is 38.4 Å². The summed E-state index contributed by atoms with van der Waals surface area (Å²) < 4.78 is 53.2. The maximum absolute atomic E-state index is 13.9. The van der Waals surface area contributed by atoms with Crippen LogP contribution in [0.15, 0.2) is 41.2 Å². The fourth-order valence-electron chi connectivity index (χ4n) is 3.28. The van der Waals surface area contributed by atoms with Crippen LogP contribution in [0.25, 0.3) is 0 Å². The number of anilines is 1. The van der Waals surface area contributed by atoms with Crippen LogP contribution in [-0.2, 0) is 17.8 Å². The number of aliphatic carboxylic acids is 1. The molecule has 1 unspecified atom stereocenters. The number of rotatable bonds is 5. The summed E-state index contributed by atoms with van der Waals surface area (Å²) >= 11 is 0. The minimum Gasteiger partial charge on any atom is -0.475 e. The molecule has 1 fully saturated rings. The van der Waals surface area contributed by atoms with Crippen LogP contribution in [0.2, 0.25) is 0 Å². The number of aromatic nitrogens is 4. The first kappa shape index (κ1) is 23.2. The largest absolute Gasteiger partial charge is 0.490 e. The van der Waals surface area contributed by atoms with Crippen LogP contribution in [0.5, 0.6) is 0 Å². The van der Waals surface area contributed by atoms with Crippen LogP contribution >= 0.6 is 0 Å². The SMILES string of the molecule is Cc1nccn1CCc1noc(C2CCN(c3ccccc3F)C2)n1.O=C(O)C(F)(F)F. The van der Waals surface area contributed by atoms with Crippen LogP contribution in [0.1, 0.15) is 29.9 Å². The highest BCUT2D eigenvalue weighted by Gasteiger charge is 2.38. The summed E-state index contributed by atoms with van der Waals surface area (Å²) in [5, 5.41) is 11.2. The quantitative estimate of drug-likeness (QED) is 0.588. The number of para-hydroxylation sites is 1. The Morgan fingerprint density at radius 1 is 1.31 bits per heavy atom. The fourth-order valence-corrected chi connectivity index (χ4v) is 3.28. The van der Waals surface area contributed by atoms with Gasteiger partial charge in [-0.3, -0.25) is 0 Å². The Labute approximate surface area is 180 Å². The molecule has 4 rings (SSSR count). The van der Waals surface area contributed by atoms with Gasteiger partial charge in [0.15, 0.2) is 5.82 Å². The normalized spacial score (nSPS) is 16.0. The molecular formula is C20H21F4N5O3. The number of nitrogens with zero attached hydrogens (tertiary/aromatic N) is 5. The summed E-state index contributed by atoms with van der Waals surface area (Å²) in [6, 6.07) is 6.86. The van der Waals surface area contributed by atoms with E-state index in [1.54, 1.807) is 12.3 Å². The molecule has 0 radical (unpaired) electrons. The van der Waals surface area contributed by atoms with E-state index in [9.17, 15) is 17.6 Å². The molecule has 1 aromatic carbocycles. The van der Waals surface area contributed by atoms with Gasteiger partial charge in [-0.05, 0) is 25.5 Å². The van der Waals surface area contributed by atoms with Gasteiger partial charge in [0.1, 0.15) is 11.6 Å². The van der Waals surface area contributed by atoms with Crippen LogP contribution in [-0.4, -0.2) is 50.0 Å². The summed E-state index contributed by atoms with van der Waals surface area (Å²) in [6.45, 7) is 4.23. The first-order valence-electron chi connectivity index (χ1n) is 9.75.